The van der Waals surface area contributed by atoms with Crippen LogP contribution in [0.3, 0.4) is 0 Å². The average Bonchev–Trinajstić information content (AvgIpc) is 2.47. The van der Waals surface area contributed by atoms with Gasteiger partial charge in [-0.2, -0.15) is 5.26 Å². The van der Waals surface area contributed by atoms with Crippen molar-refractivity contribution in [3.05, 3.63) is 59.2 Å². The number of rotatable bonds is 4. The van der Waals surface area contributed by atoms with E-state index in [1.165, 1.54) is 0 Å². The van der Waals surface area contributed by atoms with E-state index >= 15 is 0 Å². The Morgan fingerprint density at radius 1 is 1.19 bits per heavy atom. The van der Waals surface area contributed by atoms with Crippen LogP contribution >= 0.6 is 0 Å². The van der Waals surface area contributed by atoms with Crippen LogP contribution in [0.5, 0.6) is 0 Å². The van der Waals surface area contributed by atoms with Crippen molar-refractivity contribution in [2.75, 3.05) is 17.2 Å². The molecule has 0 saturated heterocycles. The third-order valence-corrected chi connectivity index (χ3v) is 3.26. The zero-order valence-corrected chi connectivity index (χ0v) is 11.6. The quantitative estimate of drug-likeness (QED) is 0.876. The van der Waals surface area contributed by atoms with Crippen LogP contribution in [0.25, 0.3) is 0 Å². The first-order chi connectivity index (χ1) is 10.1. The van der Waals surface area contributed by atoms with E-state index in [0.29, 0.717) is 18.8 Å². The topological polar surface area (TPSA) is 53.0 Å². The summed E-state index contributed by atoms with van der Waals surface area (Å²) >= 11 is 0. The van der Waals surface area contributed by atoms with Gasteiger partial charge < -0.3 is 10.6 Å². The van der Waals surface area contributed by atoms with E-state index < -0.39 is 11.6 Å². The van der Waals surface area contributed by atoms with Crippen molar-refractivity contribution in [3.8, 4) is 6.07 Å². The summed E-state index contributed by atoms with van der Waals surface area (Å²) in [6.45, 7) is 2.51. The van der Waals surface area contributed by atoms with Crippen LogP contribution in [0.1, 0.15) is 18.1 Å². The number of hydrogen-bond acceptors (Lipinski definition) is 3. The fourth-order valence-electron chi connectivity index (χ4n) is 2.16. The third kappa shape index (κ3) is 3.11. The maximum absolute atomic E-state index is 14.1. The Labute approximate surface area is 122 Å². The molecule has 0 amide bonds. The second kappa shape index (κ2) is 6.23. The minimum atomic E-state index is -0.747. The number of nitrogens with zero attached hydrogens (tertiary/aromatic N) is 2. The van der Waals surface area contributed by atoms with Crippen LogP contribution in [0.15, 0.2) is 36.4 Å². The van der Waals surface area contributed by atoms with E-state index in [1.54, 1.807) is 30.0 Å². The fourth-order valence-corrected chi connectivity index (χ4v) is 2.16. The molecule has 2 aromatic rings. The van der Waals surface area contributed by atoms with Crippen LogP contribution in [0.2, 0.25) is 0 Å². The molecule has 0 atom stereocenters. The molecule has 0 bridgehead atoms. The fraction of sp³-hybridized carbons (Fsp3) is 0.188. The van der Waals surface area contributed by atoms with E-state index in [9.17, 15) is 8.78 Å². The lowest BCUT2D eigenvalue weighted by Gasteiger charge is -2.25. The highest BCUT2D eigenvalue weighted by Crippen LogP contribution is 2.27. The molecule has 0 saturated carbocycles. The predicted molar refractivity (Wildman–Crippen MR) is 78.7 cm³/mol. The number of benzene rings is 2. The summed E-state index contributed by atoms with van der Waals surface area (Å²) in [6, 6.07) is 11.0. The summed E-state index contributed by atoms with van der Waals surface area (Å²) in [6.07, 6.45) is 0. The number of nitrogen functional groups attached to an aromatic ring is 1. The Morgan fingerprint density at radius 2 is 1.81 bits per heavy atom. The lowest BCUT2D eigenvalue weighted by atomic mass is 10.1. The Hall–Kier alpha value is -2.61. The Kier molecular flexibility index (Phi) is 4.39. The molecule has 0 heterocycles. The number of nitrogens with two attached hydrogens (primary N) is 1. The minimum absolute atomic E-state index is 0.0379. The van der Waals surface area contributed by atoms with E-state index in [2.05, 4.69) is 0 Å². The maximum atomic E-state index is 14.1. The van der Waals surface area contributed by atoms with E-state index in [1.807, 2.05) is 12.1 Å². The highest BCUT2D eigenvalue weighted by Gasteiger charge is 2.18. The first kappa shape index (κ1) is 14.8. The summed E-state index contributed by atoms with van der Waals surface area (Å²) in [5.74, 6) is -1.49. The zero-order valence-electron chi connectivity index (χ0n) is 11.6. The number of para-hydroxylation sites is 1. The van der Waals surface area contributed by atoms with E-state index in [-0.39, 0.29) is 11.3 Å². The van der Waals surface area contributed by atoms with Gasteiger partial charge in [-0.3, -0.25) is 0 Å². The molecule has 108 valence electrons. The molecule has 0 aliphatic carbocycles. The highest BCUT2D eigenvalue weighted by molar-refractivity contribution is 5.55. The zero-order chi connectivity index (χ0) is 15.4. The summed E-state index contributed by atoms with van der Waals surface area (Å²) in [7, 11) is 0. The molecule has 2 rings (SSSR count). The van der Waals surface area contributed by atoms with Crippen molar-refractivity contribution < 1.29 is 8.78 Å². The SMILES string of the molecule is CCN(Cc1ccccc1N)c1c(F)cc(C#N)cc1F. The predicted octanol–water partition coefficient (Wildman–Crippen LogP) is 3.45. The maximum Gasteiger partial charge on any atom is 0.150 e. The monoisotopic (exact) mass is 287 g/mol. The molecule has 2 N–H and O–H groups in total. The molecular formula is C16H15F2N3. The van der Waals surface area contributed by atoms with E-state index in [4.69, 9.17) is 11.0 Å². The number of anilines is 2. The van der Waals surface area contributed by atoms with Crippen molar-refractivity contribution in [3.63, 3.8) is 0 Å². The largest absolute Gasteiger partial charge is 0.398 e. The molecule has 2 aromatic carbocycles. The van der Waals surface area contributed by atoms with Gasteiger partial charge in [0.15, 0.2) is 11.6 Å². The van der Waals surface area contributed by atoms with Crippen LogP contribution in [0, 0.1) is 23.0 Å². The van der Waals surface area contributed by atoms with Gasteiger partial charge in [-0.1, -0.05) is 18.2 Å². The van der Waals surface area contributed by atoms with E-state index in [0.717, 1.165) is 17.7 Å². The second-order valence-corrected chi connectivity index (χ2v) is 4.61. The molecule has 0 aromatic heterocycles. The summed E-state index contributed by atoms with van der Waals surface area (Å²) in [5, 5.41) is 8.73. The molecule has 0 fully saturated rings. The van der Waals surface area contributed by atoms with Crippen LogP contribution < -0.4 is 10.6 Å². The molecule has 3 nitrogen and oxygen atoms in total. The first-order valence-electron chi connectivity index (χ1n) is 6.54. The van der Waals surface area contributed by atoms with Gasteiger partial charge in [-0.15, -0.1) is 0 Å². The molecule has 5 heteroatoms. The van der Waals surface area contributed by atoms with Crippen molar-refractivity contribution in [2.45, 2.75) is 13.5 Å². The Balaban J connectivity index is 2.39. The normalized spacial score (nSPS) is 10.2. The molecule has 0 unspecified atom stereocenters. The highest BCUT2D eigenvalue weighted by atomic mass is 19.1. The smallest absolute Gasteiger partial charge is 0.150 e. The van der Waals surface area contributed by atoms with Crippen LogP contribution in [-0.2, 0) is 6.54 Å². The molecule has 21 heavy (non-hydrogen) atoms. The number of hydrogen-bond donors (Lipinski definition) is 1. The van der Waals surface area contributed by atoms with Crippen molar-refractivity contribution in [2.24, 2.45) is 0 Å². The van der Waals surface area contributed by atoms with Crippen molar-refractivity contribution in [1.29, 1.82) is 5.26 Å². The number of halogens is 2. The van der Waals surface area contributed by atoms with Gasteiger partial charge >= 0.3 is 0 Å². The molecule has 0 spiro atoms. The minimum Gasteiger partial charge on any atom is -0.398 e. The van der Waals surface area contributed by atoms with Gasteiger partial charge in [0.05, 0.1) is 11.6 Å². The Morgan fingerprint density at radius 3 is 2.33 bits per heavy atom. The number of nitriles is 1. The average molecular weight is 287 g/mol. The van der Waals surface area contributed by atoms with Gasteiger partial charge in [-0.05, 0) is 30.7 Å². The third-order valence-electron chi connectivity index (χ3n) is 3.26. The second-order valence-electron chi connectivity index (χ2n) is 4.61. The molecular weight excluding hydrogens is 272 g/mol. The molecule has 0 aliphatic heterocycles. The van der Waals surface area contributed by atoms with Gasteiger partial charge in [-0.25, -0.2) is 8.78 Å². The standard InChI is InChI=1S/C16H15F2N3/c1-2-21(10-12-5-3-4-6-15(12)20)16-13(17)7-11(9-19)8-14(16)18/h3-8H,2,10,20H2,1H3. The first-order valence-corrected chi connectivity index (χ1v) is 6.54. The summed E-state index contributed by atoms with van der Waals surface area (Å²) < 4.78 is 28.1. The lowest BCUT2D eigenvalue weighted by Crippen LogP contribution is -2.25. The summed E-state index contributed by atoms with van der Waals surface area (Å²) in [5.41, 5.74) is 7.06. The van der Waals surface area contributed by atoms with Gasteiger partial charge in [0.2, 0.25) is 0 Å². The summed E-state index contributed by atoms with van der Waals surface area (Å²) in [4.78, 5) is 1.55. The van der Waals surface area contributed by atoms with Crippen LogP contribution in [-0.4, -0.2) is 6.54 Å². The molecule has 0 radical (unpaired) electrons. The van der Waals surface area contributed by atoms with Gasteiger partial charge in [0, 0.05) is 18.8 Å². The Bertz CT molecular complexity index is 669. The molecule has 0 aliphatic rings. The van der Waals surface area contributed by atoms with Crippen LogP contribution in [0.4, 0.5) is 20.2 Å². The van der Waals surface area contributed by atoms with Crippen molar-refractivity contribution >= 4 is 11.4 Å². The lowest BCUT2D eigenvalue weighted by molar-refractivity contribution is 0.571. The van der Waals surface area contributed by atoms with Crippen molar-refractivity contribution in [1.82, 2.24) is 0 Å². The van der Waals surface area contributed by atoms with Gasteiger partial charge in [0.25, 0.3) is 0 Å². The van der Waals surface area contributed by atoms with Gasteiger partial charge in [0.1, 0.15) is 5.69 Å².